The number of guanidine groups is 1. The Kier molecular flexibility index (Phi) is 32.5. The van der Waals surface area contributed by atoms with Gasteiger partial charge in [-0.05, 0) is 70.3 Å². The van der Waals surface area contributed by atoms with Gasteiger partial charge in [0.15, 0.2) is 5.96 Å². The largest absolute Gasteiger partial charge is 0.481 e. The zero-order valence-electron chi connectivity index (χ0n) is 43.6. The van der Waals surface area contributed by atoms with Gasteiger partial charge in [-0.3, -0.25) is 57.7 Å². The number of hydrogen-bond acceptors (Lipinski definition) is 19. The molecule has 33 heteroatoms. The van der Waals surface area contributed by atoms with Crippen molar-refractivity contribution in [3.8, 4) is 0 Å². The summed E-state index contributed by atoms with van der Waals surface area (Å²) in [5.41, 5.74) is 27.6. The first-order valence-electron chi connectivity index (χ1n) is 25.2. The average molecular weight is 1150 g/mol. The molecule has 22 N–H and O–H groups in total. The molecule has 0 saturated carbocycles. The molecule has 0 aliphatic carbocycles. The first kappa shape index (κ1) is 69.5. The average Bonchev–Trinajstić information content (AvgIpc) is 3.88. The van der Waals surface area contributed by atoms with Gasteiger partial charge in [0.05, 0.1) is 19.3 Å². The summed E-state index contributed by atoms with van der Waals surface area (Å²) < 4.78 is 0. The molecule has 0 spiro atoms. The number of unbranched alkanes of at least 4 members (excludes halogenated alkanes) is 1. The molecule has 10 amide bonds. The topological polar surface area (TPSA) is 528 Å². The number of amides is 10. The molecule has 10 atom stereocenters. The summed E-state index contributed by atoms with van der Waals surface area (Å²) in [5.74, 6) is -13.8. The van der Waals surface area contributed by atoms with E-state index in [2.05, 4.69) is 72.8 Å². The summed E-state index contributed by atoms with van der Waals surface area (Å²) >= 11 is 8.24. The van der Waals surface area contributed by atoms with Crippen molar-refractivity contribution < 1.29 is 78.0 Å². The molecular weight excluding hydrogens is 1070 g/mol. The maximum Gasteiger partial charge on any atom is 0.326 e. The molecule has 0 aromatic heterocycles. The molecule has 1 heterocycles. The summed E-state index contributed by atoms with van der Waals surface area (Å²) in [5, 5.41) is 58.2. The summed E-state index contributed by atoms with van der Waals surface area (Å²) in [6.45, 7) is 1.67. The van der Waals surface area contributed by atoms with Gasteiger partial charge < -0.3 is 96.5 Å². The van der Waals surface area contributed by atoms with Crippen LogP contribution in [0.3, 0.4) is 0 Å². The summed E-state index contributed by atoms with van der Waals surface area (Å²) in [7, 11) is 0. The lowest BCUT2D eigenvalue weighted by molar-refractivity contribution is -0.149. The highest BCUT2D eigenvalue weighted by molar-refractivity contribution is 7.80. The monoisotopic (exact) mass is 1150 g/mol. The molecule has 0 unspecified atom stereocenters. The minimum absolute atomic E-state index is 0.0232. The quantitative estimate of drug-likeness (QED) is 0.0118. The summed E-state index contributed by atoms with van der Waals surface area (Å²) in [6.07, 6.45) is -0.446. The lowest BCUT2D eigenvalue weighted by atomic mass is 10.0. The van der Waals surface area contributed by atoms with Gasteiger partial charge >= 0.3 is 11.9 Å². The Morgan fingerprint density at radius 1 is 0.577 bits per heavy atom. The predicted molar refractivity (Wildman–Crippen MR) is 285 cm³/mol. The highest BCUT2D eigenvalue weighted by Gasteiger charge is 2.39. The summed E-state index contributed by atoms with van der Waals surface area (Å²) in [4.78, 5) is 162. The standard InChI is InChI=1S/C45H79N15O16S2/c1-22(2)17-27(39(70)57-29(19-62)41(72)59-31(21-78)43(74)60-16-6-9-32(60)44(75)76)55-36(67)24(8-5-15-51-45(49)50)53-40(71)28(18-61)56-37(68)25(10-12-33(48)63)54-42(73)30(20-77)58-38(69)26(11-13-34(64)65)52-35(66)23(47)7-3-4-14-46/h22-32,61-62,77-78H,3-21,46-47H2,1-2H3,(H2,48,63)(H,52,66)(H,53,71)(H,54,73)(H,55,67)(H,56,68)(H,57,70)(H,58,69)(H,59,72)(H,64,65)(H,75,76)(H4,49,50,51)/t23-,24-,25-,26-,27-,28-,29-,30-,31-,32-/m0/s1. The fourth-order valence-electron chi connectivity index (χ4n) is 7.65. The van der Waals surface area contributed by atoms with Gasteiger partial charge in [0.2, 0.25) is 59.1 Å². The first-order chi connectivity index (χ1) is 36.7. The van der Waals surface area contributed by atoms with Gasteiger partial charge in [-0.25, -0.2) is 4.79 Å². The molecule has 1 rings (SSSR count). The van der Waals surface area contributed by atoms with Crippen LogP contribution >= 0.6 is 25.3 Å². The number of nitrogens with two attached hydrogens (primary N) is 5. The zero-order valence-corrected chi connectivity index (χ0v) is 45.4. The Hall–Kier alpha value is -6.55. The number of carbonyl (C=O) groups excluding carboxylic acids is 10. The van der Waals surface area contributed by atoms with E-state index in [0.717, 1.165) is 4.90 Å². The number of aliphatic carboxylic acids is 2. The molecule has 78 heavy (non-hydrogen) atoms. The van der Waals surface area contributed by atoms with Crippen LogP contribution in [0.1, 0.15) is 90.9 Å². The van der Waals surface area contributed by atoms with Crippen molar-refractivity contribution in [2.45, 2.75) is 151 Å². The minimum Gasteiger partial charge on any atom is -0.481 e. The molecular formula is C45H79N15O16S2. The number of aliphatic hydroxyl groups is 2. The van der Waals surface area contributed by atoms with Crippen molar-refractivity contribution in [2.24, 2.45) is 39.6 Å². The molecule has 0 bridgehead atoms. The van der Waals surface area contributed by atoms with Crippen molar-refractivity contribution >= 4 is 102 Å². The molecule has 1 fully saturated rings. The van der Waals surface area contributed by atoms with E-state index in [1.54, 1.807) is 13.8 Å². The number of primary amides is 1. The molecule has 1 saturated heterocycles. The second-order valence-corrected chi connectivity index (χ2v) is 19.4. The van der Waals surface area contributed by atoms with Gasteiger partial charge in [0.25, 0.3) is 0 Å². The fraction of sp³-hybridized carbons (Fsp3) is 0.711. The Morgan fingerprint density at radius 2 is 1.01 bits per heavy atom. The van der Waals surface area contributed by atoms with Crippen LogP contribution in [0.4, 0.5) is 0 Å². The Morgan fingerprint density at radius 3 is 1.47 bits per heavy atom. The Labute approximate surface area is 461 Å². The lowest BCUT2D eigenvalue weighted by Crippen LogP contribution is -2.61. The number of carboxylic acid groups (broad SMARTS) is 2. The smallest absolute Gasteiger partial charge is 0.326 e. The van der Waals surface area contributed by atoms with Crippen molar-refractivity contribution in [3.05, 3.63) is 0 Å². The summed E-state index contributed by atoms with van der Waals surface area (Å²) in [6, 6.07) is -14.9. The molecule has 0 aromatic carbocycles. The van der Waals surface area contributed by atoms with Gasteiger partial charge in [0.1, 0.15) is 54.4 Å². The van der Waals surface area contributed by atoms with Crippen LogP contribution in [0.2, 0.25) is 0 Å². The van der Waals surface area contributed by atoms with E-state index >= 15 is 0 Å². The number of nitrogens with one attached hydrogen (secondary N) is 8. The third-order valence-electron chi connectivity index (χ3n) is 11.9. The number of rotatable bonds is 38. The zero-order chi connectivity index (χ0) is 59.2. The first-order valence-corrected chi connectivity index (χ1v) is 26.4. The molecule has 31 nitrogen and oxygen atoms in total. The number of aliphatic imine (C=N–C) groups is 1. The van der Waals surface area contributed by atoms with E-state index in [1.165, 1.54) is 0 Å². The van der Waals surface area contributed by atoms with Gasteiger partial charge in [-0.15, -0.1) is 0 Å². The Bertz CT molecular complexity index is 2110. The number of carbonyl (C=O) groups is 12. The van der Waals surface area contributed by atoms with Crippen LogP contribution in [0.25, 0.3) is 0 Å². The number of carboxylic acids is 2. The van der Waals surface area contributed by atoms with E-state index in [9.17, 15) is 78.0 Å². The van der Waals surface area contributed by atoms with Crippen molar-refractivity contribution in [1.82, 2.24) is 47.4 Å². The molecule has 1 aliphatic rings. The third kappa shape index (κ3) is 25.3. The molecule has 442 valence electrons. The highest BCUT2D eigenvalue weighted by atomic mass is 32.1. The number of hydrogen-bond donors (Lipinski definition) is 19. The van der Waals surface area contributed by atoms with Gasteiger partial charge in [-0.1, -0.05) is 20.3 Å². The molecule has 0 aromatic rings. The fourth-order valence-corrected chi connectivity index (χ4v) is 8.15. The van der Waals surface area contributed by atoms with Crippen molar-refractivity contribution in [2.75, 3.05) is 44.4 Å². The lowest BCUT2D eigenvalue weighted by Gasteiger charge is -2.29. The number of likely N-dealkylation sites (tertiary alicyclic amines) is 1. The minimum atomic E-state index is -1.87. The van der Waals surface area contributed by atoms with E-state index < -0.39 is 176 Å². The maximum atomic E-state index is 14.0. The van der Waals surface area contributed by atoms with Crippen LogP contribution in [0, 0.1) is 5.92 Å². The number of nitrogens with zero attached hydrogens (tertiary/aromatic N) is 2. The highest BCUT2D eigenvalue weighted by Crippen LogP contribution is 2.19. The van der Waals surface area contributed by atoms with Crippen molar-refractivity contribution in [3.63, 3.8) is 0 Å². The van der Waals surface area contributed by atoms with Crippen molar-refractivity contribution in [1.29, 1.82) is 0 Å². The normalized spacial score (nSPS) is 16.5. The second kappa shape index (κ2) is 36.5. The Balaban J connectivity index is 3.36. The molecule has 1 aliphatic heterocycles. The van der Waals surface area contributed by atoms with Crippen LogP contribution in [-0.2, 0) is 57.5 Å². The third-order valence-corrected chi connectivity index (χ3v) is 12.6. The van der Waals surface area contributed by atoms with Crippen LogP contribution in [0.5, 0.6) is 0 Å². The van der Waals surface area contributed by atoms with E-state index in [0.29, 0.717) is 25.8 Å². The maximum absolute atomic E-state index is 14.0. The van der Waals surface area contributed by atoms with Crippen LogP contribution in [0.15, 0.2) is 4.99 Å². The van der Waals surface area contributed by atoms with Gasteiger partial charge in [-0.2, -0.15) is 25.3 Å². The van der Waals surface area contributed by atoms with Crippen LogP contribution in [-0.4, -0.2) is 207 Å². The predicted octanol–water partition coefficient (Wildman–Crippen LogP) is -7.53. The van der Waals surface area contributed by atoms with Crippen LogP contribution < -0.4 is 71.2 Å². The second-order valence-electron chi connectivity index (χ2n) is 18.7. The number of aliphatic hydroxyl groups excluding tert-OH is 2. The van der Waals surface area contributed by atoms with E-state index in [1.807, 2.05) is 0 Å². The molecule has 0 radical (unpaired) electrons. The SMILES string of the molecule is CC(C)C[C@H](NC(=O)[C@H](CCCN=C(N)N)NC(=O)[C@H](CO)NC(=O)[C@H](CCC(N)=O)NC(=O)[C@H](CS)NC(=O)[C@H](CCC(=O)O)NC(=O)[C@@H](N)CCCCN)C(=O)N[C@@H](CO)C(=O)N[C@@H](CS)C(=O)N1CCC[C@H]1C(=O)O. The van der Waals surface area contributed by atoms with E-state index in [-0.39, 0.29) is 62.8 Å². The van der Waals surface area contributed by atoms with Gasteiger partial charge in [0, 0.05) is 37.4 Å². The number of thiol groups is 2. The van der Waals surface area contributed by atoms with E-state index in [4.69, 9.17) is 28.7 Å².